The molecule has 0 bridgehead atoms. The molecule has 0 aliphatic heterocycles. The van der Waals surface area contributed by atoms with Crippen LogP contribution < -0.4 is 10.6 Å². The monoisotopic (exact) mass is 305 g/mol. The number of nitrogens with one attached hydrogen (secondary N) is 2. The van der Waals surface area contributed by atoms with Gasteiger partial charge in [-0.2, -0.15) is 0 Å². The Morgan fingerprint density at radius 2 is 2.11 bits per heavy atom. The Hall–Kier alpha value is -1.30. The van der Waals surface area contributed by atoms with E-state index in [4.69, 9.17) is 4.42 Å². The van der Waals surface area contributed by atoms with Crippen LogP contribution >= 0.6 is 24.8 Å². The summed E-state index contributed by atoms with van der Waals surface area (Å²) in [6, 6.07) is 5.43. The summed E-state index contributed by atoms with van der Waals surface area (Å²) >= 11 is 0. The summed E-state index contributed by atoms with van der Waals surface area (Å²) in [6.07, 6.45) is 0.451. The first-order chi connectivity index (χ1) is 8.19. The first-order valence-corrected chi connectivity index (χ1v) is 5.50. The molecule has 1 amide bonds. The predicted molar refractivity (Wildman–Crippen MR) is 80.4 cm³/mol. The van der Waals surface area contributed by atoms with Crippen molar-refractivity contribution >= 4 is 47.5 Å². The van der Waals surface area contributed by atoms with E-state index in [0.29, 0.717) is 18.9 Å². The van der Waals surface area contributed by atoms with E-state index in [9.17, 15) is 4.79 Å². The lowest BCUT2D eigenvalue weighted by Crippen LogP contribution is -2.18. The Kier molecular flexibility index (Phi) is 7.44. The van der Waals surface area contributed by atoms with Gasteiger partial charge in [0.25, 0.3) is 0 Å². The van der Waals surface area contributed by atoms with Gasteiger partial charge in [0.15, 0.2) is 11.5 Å². The highest BCUT2D eigenvalue weighted by atomic mass is 35.5. The number of hydrogen-bond acceptors (Lipinski definition) is 4. The molecule has 0 saturated heterocycles. The normalized spacial score (nSPS) is 9.58. The highest BCUT2D eigenvalue weighted by molar-refractivity contribution is 5.92. The van der Waals surface area contributed by atoms with Gasteiger partial charge >= 0.3 is 0 Å². The van der Waals surface area contributed by atoms with Gasteiger partial charge < -0.3 is 15.1 Å². The fourth-order valence-electron chi connectivity index (χ4n) is 1.58. The number of benzene rings is 1. The highest BCUT2D eigenvalue weighted by Gasteiger charge is 2.05. The third kappa shape index (κ3) is 4.70. The van der Waals surface area contributed by atoms with Crippen LogP contribution in [0, 0.1) is 6.92 Å². The maximum absolute atomic E-state index is 11.5. The van der Waals surface area contributed by atoms with Crippen LogP contribution in [-0.4, -0.2) is 24.5 Å². The van der Waals surface area contributed by atoms with E-state index >= 15 is 0 Å². The van der Waals surface area contributed by atoms with E-state index in [-0.39, 0.29) is 30.7 Å². The number of rotatable bonds is 4. The Morgan fingerprint density at radius 1 is 1.37 bits per heavy atom. The van der Waals surface area contributed by atoms with Crippen molar-refractivity contribution in [2.45, 2.75) is 13.3 Å². The number of anilines is 1. The Balaban J connectivity index is 0.00000162. The molecule has 1 heterocycles. The van der Waals surface area contributed by atoms with Gasteiger partial charge in [0.1, 0.15) is 5.52 Å². The Labute approximate surface area is 124 Å². The van der Waals surface area contributed by atoms with Gasteiger partial charge in [0.05, 0.1) is 0 Å². The number of aryl methyl sites for hydroxylation is 1. The van der Waals surface area contributed by atoms with E-state index in [1.807, 2.05) is 25.2 Å². The highest BCUT2D eigenvalue weighted by Crippen LogP contribution is 2.19. The quantitative estimate of drug-likeness (QED) is 0.911. The van der Waals surface area contributed by atoms with Crippen molar-refractivity contribution in [3.63, 3.8) is 0 Å². The van der Waals surface area contributed by atoms with Crippen molar-refractivity contribution in [3.8, 4) is 0 Å². The number of carbonyl (C=O) groups excluding carboxylic acids is 1. The topological polar surface area (TPSA) is 67.2 Å². The predicted octanol–water partition coefficient (Wildman–Crippen LogP) is 2.53. The van der Waals surface area contributed by atoms with E-state index in [0.717, 1.165) is 16.8 Å². The van der Waals surface area contributed by atoms with Gasteiger partial charge in [0, 0.05) is 25.6 Å². The molecule has 0 saturated carbocycles. The summed E-state index contributed by atoms with van der Waals surface area (Å²) in [6.45, 7) is 2.46. The fourth-order valence-corrected chi connectivity index (χ4v) is 1.58. The first-order valence-electron chi connectivity index (χ1n) is 5.50. The minimum atomic E-state index is -0.0149. The lowest BCUT2D eigenvalue weighted by Gasteiger charge is -2.04. The van der Waals surface area contributed by atoms with Crippen LogP contribution in [0.3, 0.4) is 0 Å². The summed E-state index contributed by atoms with van der Waals surface area (Å²) in [5.74, 6) is 0.609. The summed E-state index contributed by atoms with van der Waals surface area (Å²) in [4.78, 5) is 15.7. The SMILES string of the molecule is CNCCC(=O)Nc1ccc2oc(C)nc2c1.Cl.Cl. The third-order valence-electron chi connectivity index (χ3n) is 2.38. The zero-order valence-electron chi connectivity index (χ0n) is 10.7. The van der Waals surface area contributed by atoms with E-state index < -0.39 is 0 Å². The lowest BCUT2D eigenvalue weighted by molar-refractivity contribution is -0.116. The number of amides is 1. The standard InChI is InChI=1S/C12H15N3O2.2ClH/c1-8-14-10-7-9(3-4-11(10)17-8)15-12(16)5-6-13-2;;/h3-4,7,13H,5-6H2,1-2H3,(H,15,16);2*1H. The molecule has 0 aliphatic rings. The molecule has 0 aliphatic carbocycles. The molecule has 0 spiro atoms. The number of oxazole rings is 1. The van der Waals surface area contributed by atoms with Gasteiger partial charge in [-0.3, -0.25) is 4.79 Å². The number of carbonyl (C=O) groups is 1. The van der Waals surface area contributed by atoms with Gasteiger partial charge in [-0.05, 0) is 25.2 Å². The maximum Gasteiger partial charge on any atom is 0.225 e. The van der Waals surface area contributed by atoms with Crippen molar-refractivity contribution < 1.29 is 9.21 Å². The van der Waals surface area contributed by atoms with E-state index in [1.165, 1.54) is 0 Å². The van der Waals surface area contributed by atoms with Crippen LogP contribution in [0.5, 0.6) is 0 Å². The van der Waals surface area contributed by atoms with Crippen molar-refractivity contribution in [1.82, 2.24) is 10.3 Å². The minimum absolute atomic E-state index is 0. The molecule has 0 atom stereocenters. The van der Waals surface area contributed by atoms with Gasteiger partial charge in [0.2, 0.25) is 5.91 Å². The van der Waals surface area contributed by atoms with Gasteiger partial charge in [-0.1, -0.05) is 0 Å². The molecular weight excluding hydrogens is 289 g/mol. The van der Waals surface area contributed by atoms with Crippen LogP contribution in [0.25, 0.3) is 11.1 Å². The van der Waals surface area contributed by atoms with Crippen LogP contribution in [-0.2, 0) is 4.79 Å². The van der Waals surface area contributed by atoms with Crippen LogP contribution in [0.15, 0.2) is 22.6 Å². The number of fused-ring (bicyclic) bond motifs is 1. The summed E-state index contributed by atoms with van der Waals surface area (Å²) in [7, 11) is 1.82. The number of halogens is 2. The molecule has 0 unspecified atom stereocenters. The zero-order chi connectivity index (χ0) is 12.3. The molecular formula is C12H17Cl2N3O2. The average molecular weight is 306 g/mol. The fraction of sp³-hybridized carbons (Fsp3) is 0.333. The van der Waals surface area contributed by atoms with Crippen LogP contribution in [0.2, 0.25) is 0 Å². The number of hydrogen-bond donors (Lipinski definition) is 2. The van der Waals surface area contributed by atoms with E-state index in [1.54, 1.807) is 6.92 Å². The van der Waals surface area contributed by atoms with Crippen molar-refractivity contribution in [2.24, 2.45) is 0 Å². The molecule has 5 nitrogen and oxygen atoms in total. The Bertz CT molecular complexity index is 543. The van der Waals surface area contributed by atoms with Crippen LogP contribution in [0.1, 0.15) is 12.3 Å². The molecule has 7 heteroatoms. The Morgan fingerprint density at radius 3 is 2.79 bits per heavy atom. The lowest BCUT2D eigenvalue weighted by atomic mass is 10.2. The second kappa shape index (κ2) is 7.99. The van der Waals surface area contributed by atoms with Crippen molar-refractivity contribution in [3.05, 3.63) is 24.1 Å². The zero-order valence-corrected chi connectivity index (χ0v) is 12.4. The van der Waals surface area contributed by atoms with Crippen LogP contribution in [0.4, 0.5) is 5.69 Å². The third-order valence-corrected chi connectivity index (χ3v) is 2.38. The molecule has 0 radical (unpaired) electrons. The van der Waals surface area contributed by atoms with Crippen molar-refractivity contribution in [1.29, 1.82) is 0 Å². The summed E-state index contributed by atoms with van der Waals surface area (Å²) < 4.78 is 5.36. The largest absolute Gasteiger partial charge is 0.441 e. The molecule has 2 aromatic rings. The van der Waals surface area contributed by atoms with Crippen molar-refractivity contribution in [2.75, 3.05) is 18.9 Å². The first kappa shape index (κ1) is 17.7. The second-order valence-electron chi connectivity index (χ2n) is 3.82. The molecule has 0 fully saturated rings. The molecule has 19 heavy (non-hydrogen) atoms. The maximum atomic E-state index is 11.5. The number of aromatic nitrogens is 1. The van der Waals surface area contributed by atoms with E-state index in [2.05, 4.69) is 15.6 Å². The molecule has 1 aromatic heterocycles. The molecule has 2 rings (SSSR count). The summed E-state index contributed by atoms with van der Waals surface area (Å²) in [5.41, 5.74) is 2.23. The average Bonchev–Trinajstić information content (AvgIpc) is 2.65. The van der Waals surface area contributed by atoms with Gasteiger partial charge in [-0.15, -0.1) is 24.8 Å². The smallest absolute Gasteiger partial charge is 0.225 e. The molecule has 1 aromatic carbocycles. The minimum Gasteiger partial charge on any atom is -0.441 e. The van der Waals surface area contributed by atoms with Gasteiger partial charge in [-0.25, -0.2) is 4.98 Å². The summed E-state index contributed by atoms with van der Waals surface area (Å²) in [5, 5.41) is 5.75. The molecule has 2 N–H and O–H groups in total. The second-order valence-corrected chi connectivity index (χ2v) is 3.82. The number of nitrogens with zero attached hydrogens (tertiary/aromatic N) is 1. The molecule has 106 valence electrons.